The van der Waals surface area contributed by atoms with Crippen molar-refractivity contribution in [2.24, 2.45) is 0 Å². The largest absolute Gasteiger partial charge is 0.494 e. The summed E-state index contributed by atoms with van der Waals surface area (Å²) in [5, 5.41) is 4.81. The summed E-state index contributed by atoms with van der Waals surface area (Å²) in [5.74, 6) is 0.681. The molecule has 0 atom stereocenters. The summed E-state index contributed by atoms with van der Waals surface area (Å²) < 4.78 is 6.98. The molecule has 2 heterocycles. The van der Waals surface area contributed by atoms with Crippen LogP contribution in [-0.4, -0.2) is 46.5 Å². The van der Waals surface area contributed by atoms with E-state index in [0.29, 0.717) is 29.1 Å². The van der Waals surface area contributed by atoms with Crippen LogP contribution in [-0.2, 0) is 6.54 Å². The fourth-order valence-corrected chi connectivity index (χ4v) is 6.66. The average molecular weight is 551 g/mol. The Balaban J connectivity index is 1.54. The van der Waals surface area contributed by atoms with E-state index in [1.807, 2.05) is 61.3 Å². The van der Waals surface area contributed by atoms with Gasteiger partial charge in [-0.25, -0.2) is 9.78 Å². The lowest BCUT2D eigenvalue weighted by Gasteiger charge is -2.37. The van der Waals surface area contributed by atoms with Crippen LogP contribution in [0, 0.1) is 0 Å². The smallest absolute Gasteiger partial charge is 0.344 e. The van der Waals surface area contributed by atoms with Crippen molar-refractivity contribution in [2.75, 3.05) is 13.7 Å². The summed E-state index contributed by atoms with van der Waals surface area (Å²) in [6.07, 6.45) is 7.03. The van der Waals surface area contributed by atoms with E-state index in [-0.39, 0.29) is 11.9 Å². The standard InChI is InChI=1S/C29H31ClN4O3S/c1-3-37-24-13-8-18(20-15-32-29(36)33-16-20)14-19(24)17-34(22-11-9-21(31-2)10-12-22)28(35)27-26(30)23-6-4-5-7-25(23)38-27/h4-8,13-16,21-22,31H,3,9-12,17H2,1-2H3,(H,32,33,36). The van der Waals surface area contributed by atoms with Gasteiger partial charge in [0.15, 0.2) is 0 Å². The molecule has 5 rings (SSSR count). The second-order valence-electron chi connectivity index (χ2n) is 9.53. The topological polar surface area (TPSA) is 87.3 Å². The highest BCUT2D eigenvalue weighted by Gasteiger charge is 2.32. The van der Waals surface area contributed by atoms with Crippen LogP contribution < -0.4 is 15.7 Å². The first-order chi connectivity index (χ1) is 18.5. The van der Waals surface area contributed by atoms with Gasteiger partial charge >= 0.3 is 5.69 Å². The van der Waals surface area contributed by atoms with Gasteiger partial charge in [0.25, 0.3) is 5.91 Å². The summed E-state index contributed by atoms with van der Waals surface area (Å²) >= 11 is 8.22. The molecule has 0 aliphatic heterocycles. The molecule has 1 amide bonds. The molecule has 9 heteroatoms. The Morgan fingerprint density at radius 3 is 2.66 bits per heavy atom. The van der Waals surface area contributed by atoms with Gasteiger partial charge in [-0.2, -0.15) is 0 Å². The van der Waals surface area contributed by atoms with Crippen LogP contribution in [0.3, 0.4) is 0 Å². The van der Waals surface area contributed by atoms with Gasteiger partial charge in [-0.15, -0.1) is 11.3 Å². The zero-order chi connectivity index (χ0) is 26.6. The maximum Gasteiger partial charge on any atom is 0.344 e. The third kappa shape index (κ3) is 5.48. The van der Waals surface area contributed by atoms with Crippen molar-refractivity contribution in [3.8, 4) is 16.9 Å². The third-order valence-electron chi connectivity index (χ3n) is 7.24. The molecular weight excluding hydrogens is 520 g/mol. The first-order valence-electron chi connectivity index (χ1n) is 12.9. The van der Waals surface area contributed by atoms with Crippen molar-refractivity contribution >= 4 is 38.9 Å². The number of ether oxygens (including phenoxy) is 1. The van der Waals surface area contributed by atoms with Gasteiger partial charge in [0, 0.05) is 52.2 Å². The number of carbonyl (C=O) groups is 1. The summed E-state index contributed by atoms with van der Waals surface area (Å²) in [5.41, 5.74) is 2.18. The number of aromatic amines is 1. The van der Waals surface area contributed by atoms with Crippen molar-refractivity contribution < 1.29 is 9.53 Å². The van der Waals surface area contributed by atoms with E-state index < -0.39 is 5.69 Å². The first-order valence-corrected chi connectivity index (χ1v) is 14.1. The normalized spacial score (nSPS) is 17.4. The van der Waals surface area contributed by atoms with Crippen molar-refractivity contribution in [1.82, 2.24) is 20.2 Å². The van der Waals surface area contributed by atoms with E-state index in [0.717, 1.165) is 58.2 Å². The van der Waals surface area contributed by atoms with Crippen LogP contribution in [0.5, 0.6) is 5.75 Å². The Morgan fingerprint density at radius 2 is 1.97 bits per heavy atom. The molecule has 0 radical (unpaired) electrons. The number of amides is 1. The Kier molecular flexibility index (Phi) is 8.12. The predicted molar refractivity (Wildman–Crippen MR) is 153 cm³/mol. The summed E-state index contributed by atoms with van der Waals surface area (Å²) in [7, 11) is 2.00. The van der Waals surface area contributed by atoms with Crippen LogP contribution >= 0.6 is 22.9 Å². The van der Waals surface area contributed by atoms with E-state index in [4.69, 9.17) is 16.3 Å². The highest BCUT2D eigenvalue weighted by molar-refractivity contribution is 7.21. The maximum absolute atomic E-state index is 14.2. The molecule has 1 saturated carbocycles. The zero-order valence-electron chi connectivity index (χ0n) is 21.5. The maximum atomic E-state index is 14.2. The number of benzene rings is 2. The predicted octanol–water partition coefficient (Wildman–Crippen LogP) is 5.88. The molecule has 4 aromatic rings. The Bertz CT molecular complexity index is 1470. The number of hydrogen-bond donors (Lipinski definition) is 2. The average Bonchev–Trinajstić information content (AvgIpc) is 3.29. The van der Waals surface area contributed by atoms with Crippen molar-refractivity contribution in [2.45, 2.75) is 51.2 Å². The number of H-pyrrole nitrogens is 1. The lowest BCUT2D eigenvalue weighted by molar-refractivity contribution is 0.0604. The van der Waals surface area contributed by atoms with Gasteiger partial charge in [0.1, 0.15) is 10.6 Å². The number of hydrogen-bond acceptors (Lipinski definition) is 6. The van der Waals surface area contributed by atoms with Gasteiger partial charge in [-0.05, 0) is 63.4 Å². The Labute approximate surface area is 230 Å². The van der Waals surface area contributed by atoms with E-state index >= 15 is 0 Å². The molecule has 1 aliphatic rings. The first kappa shape index (κ1) is 26.4. The van der Waals surface area contributed by atoms with Gasteiger partial charge < -0.3 is 19.9 Å². The van der Waals surface area contributed by atoms with Gasteiger partial charge in [0.05, 0.1) is 11.6 Å². The number of nitrogens with zero attached hydrogens (tertiary/aromatic N) is 2. The second-order valence-corrected chi connectivity index (χ2v) is 11.0. The Morgan fingerprint density at radius 1 is 1.18 bits per heavy atom. The molecule has 0 unspecified atom stereocenters. The number of aromatic nitrogens is 2. The van der Waals surface area contributed by atoms with E-state index in [1.165, 1.54) is 11.3 Å². The van der Waals surface area contributed by atoms with E-state index in [1.54, 1.807) is 12.4 Å². The van der Waals surface area contributed by atoms with Crippen LogP contribution in [0.1, 0.15) is 47.8 Å². The molecule has 7 nitrogen and oxygen atoms in total. The number of fused-ring (bicyclic) bond motifs is 1. The van der Waals surface area contributed by atoms with Crippen LogP contribution in [0.15, 0.2) is 59.7 Å². The number of thiophene rings is 1. The molecule has 2 N–H and O–H groups in total. The fraction of sp³-hybridized carbons (Fsp3) is 0.345. The molecule has 0 spiro atoms. The van der Waals surface area contributed by atoms with Gasteiger partial charge in [-0.1, -0.05) is 35.9 Å². The number of nitrogens with one attached hydrogen (secondary N) is 2. The SMILES string of the molecule is CCOc1ccc(-c2cnc(=O)[nH]c2)cc1CN(C(=O)c1sc2ccccc2c1Cl)C1CCC(NC)CC1. The monoisotopic (exact) mass is 550 g/mol. The minimum Gasteiger partial charge on any atom is -0.494 e. The summed E-state index contributed by atoms with van der Waals surface area (Å²) in [6, 6.07) is 14.3. The van der Waals surface area contributed by atoms with Crippen molar-refractivity contribution in [3.05, 3.63) is 80.8 Å². The van der Waals surface area contributed by atoms with Crippen LogP contribution in [0.2, 0.25) is 5.02 Å². The lowest BCUT2D eigenvalue weighted by Crippen LogP contribution is -2.44. The van der Waals surface area contributed by atoms with Gasteiger partial charge in [-0.3, -0.25) is 4.79 Å². The number of halogens is 1. The molecule has 0 bridgehead atoms. The minimum atomic E-state index is -0.394. The van der Waals surface area contributed by atoms with Crippen LogP contribution in [0.25, 0.3) is 21.2 Å². The summed E-state index contributed by atoms with van der Waals surface area (Å²) in [4.78, 5) is 34.7. The molecular formula is C29H31ClN4O3S. The molecule has 2 aromatic heterocycles. The van der Waals surface area contributed by atoms with Crippen LogP contribution in [0.4, 0.5) is 0 Å². The third-order valence-corrected chi connectivity index (χ3v) is 8.91. The summed E-state index contributed by atoms with van der Waals surface area (Å²) in [6.45, 7) is 2.84. The molecule has 1 aliphatic carbocycles. The zero-order valence-corrected chi connectivity index (χ0v) is 23.1. The quantitative estimate of drug-likeness (QED) is 0.286. The number of rotatable bonds is 8. The fourth-order valence-electron chi connectivity index (χ4n) is 5.19. The highest BCUT2D eigenvalue weighted by Crippen LogP contribution is 2.38. The molecule has 2 aromatic carbocycles. The molecule has 0 saturated heterocycles. The molecule has 1 fully saturated rings. The van der Waals surface area contributed by atoms with Crippen molar-refractivity contribution in [3.63, 3.8) is 0 Å². The van der Waals surface area contributed by atoms with E-state index in [2.05, 4.69) is 15.3 Å². The highest BCUT2D eigenvalue weighted by atomic mass is 35.5. The van der Waals surface area contributed by atoms with E-state index in [9.17, 15) is 9.59 Å². The lowest BCUT2D eigenvalue weighted by atomic mass is 9.89. The Hall–Kier alpha value is -3.20. The minimum absolute atomic E-state index is 0.0531. The van der Waals surface area contributed by atoms with Crippen molar-refractivity contribution in [1.29, 1.82) is 0 Å². The molecule has 198 valence electrons. The second kappa shape index (κ2) is 11.7. The van der Waals surface area contributed by atoms with Gasteiger partial charge in [0.2, 0.25) is 0 Å². The molecule has 38 heavy (non-hydrogen) atoms. The number of carbonyl (C=O) groups excluding carboxylic acids is 1.